The quantitative estimate of drug-likeness (QED) is 0.690. The van der Waals surface area contributed by atoms with Crippen molar-refractivity contribution in [3.63, 3.8) is 0 Å². The lowest BCUT2D eigenvalue weighted by atomic mass is 10.2. The normalized spacial score (nSPS) is 12.0. The highest BCUT2D eigenvalue weighted by molar-refractivity contribution is 7.92. The number of hydrogen-bond acceptors (Lipinski definition) is 5. The number of benzene rings is 1. The van der Waals surface area contributed by atoms with Crippen LogP contribution in [0.4, 0.5) is 4.39 Å². The second-order valence-electron chi connectivity index (χ2n) is 4.38. The lowest BCUT2D eigenvalue weighted by molar-refractivity contribution is -0.120. The number of sulfone groups is 1. The number of nitriles is 1. The molecule has 0 aliphatic carbocycles. The van der Waals surface area contributed by atoms with Gasteiger partial charge >= 0.3 is 0 Å². The van der Waals surface area contributed by atoms with Crippen LogP contribution in [0.3, 0.4) is 0 Å². The summed E-state index contributed by atoms with van der Waals surface area (Å²) in [6.07, 6.45) is 0.832. The Bertz CT molecular complexity index is 712. The van der Waals surface area contributed by atoms with E-state index in [1.54, 1.807) is 6.07 Å². The van der Waals surface area contributed by atoms with E-state index in [1.165, 1.54) is 18.2 Å². The maximum absolute atomic E-state index is 13.4. The molecule has 1 rings (SSSR count). The van der Waals surface area contributed by atoms with Crippen LogP contribution in [0.2, 0.25) is 0 Å². The van der Waals surface area contributed by atoms with E-state index in [2.05, 4.69) is 10.6 Å². The van der Waals surface area contributed by atoms with Gasteiger partial charge in [-0.15, -0.1) is 0 Å². The van der Waals surface area contributed by atoms with Crippen LogP contribution in [-0.2, 0) is 14.6 Å². The SMILES string of the molecule is CS(=O)(=O)C(CNC(=O)c1ccccc1F)C(=O)NCC#N. The molecule has 1 aromatic carbocycles. The number of rotatable bonds is 6. The van der Waals surface area contributed by atoms with Crippen LogP contribution in [0.1, 0.15) is 10.4 Å². The van der Waals surface area contributed by atoms with Crippen LogP contribution in [0, 0.1) is 17.1 Å². The molecule has 0 saturated carbocycles. The van der Waals surface area contributed by atoms with Gasteiger partial charge in [0.1, 0.15) is 12.4 Å². The van der Waals surface area contributed by atoms with Crippen LogP contribution >= 0.6 is 0 Å². The molecule has 0 radical (unpaired) electrons. The number of nitrogens with one attached hydrogen (secondary N) is 2. The van der Waals surface area contributed by atoms with Crippen molar-refractivity contribution >= 4 is 21.7 Å². The molecule has 118 valence electrons. The molecule has 0 aliphatic heterocycles. The van der Waals surface area contributed by atoms with Crippen LogP contribution in [-0.4, -0.2) is 44.8 Å². The first-order valence-electron chi connectivity index (χ1n) is 6.13. The molecular weight excluding hydrogens is 313 g/mol. The predicted octanol–water partition coefficient (Wildman–Crippen LogP) is -0.392. The van der Waals surface area contributed by atoms with Crippen molar-refractivity contribution in [1.29, 1.82) is 5.26 Å². The first-order valence-corrected chi connectivity index (χ1v) is 8.09. The topological polar surface area (TPSA) is 116 Å². The Kier molecular flexibility index (Phi) is 6.00. The molecule has 1 unspecified atom stereocenters. The van der Waals surface area contributed by atoms with Gasteiger partial charge in [0.05, 0.1) is 11.6 Å². The Morgan fingerprint density at radius 2 is 1.95 bits per heavy atom. The molecule has 0 spiro atoms. The molecule has 2 N–H and O–H groups in total. The molecule has 9 heteroatoms. The highest BCUT2D eigenvalue weighted by Gasteiger charge is 2.29. The number of carbonyl (C=O) groups is 2. The highest BCUT2D eigenvalue weighted by Crippen LogP contribution is 2.06. The Balaban J connectivity index is 2.81. The monoisotopic (exact) mass is 327 g/mol. The van der Waals surface area contributed by atoms with Crippen molar-refractivity contribution in [1.82, 2.24) is 10.6 Å². The summed E-state index contributed by atoms with van der Waals surface area (Å²) in [7, 11) is -3.81. The molecule has 0 heterocycles. The van der Waals surface area contributed by atoms with E-state index < -0.39 is 39.3 Å². The Hall–Kier alpha value is -2.47. The molecule has 2 amide bonds. The third kappa shape index (κ3) is 4.82. The predicted molar refractivity (Wildman–Crippen MR) is 76.0 cm³/mol. The fourth-order valence-electron chi connectivity index (χ4n) is 1.60. The Labute approximate surface area is 127 Å². The summed E-state index contributed by atoms with van der Waals surface area (Å²) < 4.78 is 36.6. The average molecular weight is 327 g/mol. The summed E-state index contributed by atoms with van der Waals surface area (Å²) in [5, 5.41) is 11.1. The summed E-state index contributed by atoms with van der Waals surface area (Å²) in [6, 6.07) is 6.81. The van der Waals surface area contributed by atoms with Crippen molar-refractivity contribution in [2.24, 2.45) is 0 Å². The van der Waals surface area contributed by atoms with Gasteiger partial charge in [-0.05, 0) is 12.1 Å². The summed E-state index contributed by atoms with van der Waals surface area (Å²) in [6.45, 7) is -0.880. The second kappa shape index (κ2) is 7.51. The molecule has 1 atom stereocenters. The molecule has 7 nitrogen and oxygen atoms in total. The van der Waals surface area contributed by atoms with E-state index >= 15 is 0 Å². The minimum atomic E-state index is -3.81. The first kappa shape index (κ1) is 17.6. The van der Waals surface area contributed by atoms with E-state index in [4.69, 9.17) is 5.26 Å². The fourth-order valence-corrected chi connectivity index (χ4v) is 2.46. The number of amides is 2. The van der Waals surface area contributed by atoms with Crippen LogP contribution in [0.5, 0.6) is 0 Å². The van der Waals surface area contributed by atoms with Crippen molar-refractivity contribution in [3.05, 3.63) is 35.6 Å². The number of nitrogens with zero attached hydrogens (tertiary/aromatic N) is 1. The van der Waals surface area contributed by atoms with Crippen molar-refractivity contribution < 1.29 is 22.4 Å². The number of halogens is 1. The van der Waals surface area contributed by atoms with Gasteiger partial charge in [-0.3, -0.25) is 9.59 Å². The molecular formula is C13H14FN3O4S. The summed E-state index contributed by atoms with van der Waals surface area (Å²) in [4.78, 5) is 23.5. The Morgan fingerprint density at radius 3 is 2.50 bits per heavy atom. The Morgan fingerprint density at radius 1 is 1.32 bits per heavy atom. The lowest BCUT2D eigenvalue weighted by Gasteiger charge is -2.15. The zero-order chi connectivity index (χ0) is 16.8. The third-order valence-electron chi connectivity index (χ3n) is 2.72. The zero-order valence-corrected chi connectivity index (χ0v) is 12.5. The standard InChI is InChI=1S/C13H14FN3O4S/c1-22(20,21)11(13(19)16-7-6-15)8-17-12(18)9-4-2-3-5-10(9)14/h2-5,11H,7-8H2,1H3,(H,16,19)(H,17,18). The third-order valence-corrected chi connectivity index (χ3v) is 4.13. The van der Waals surface area contributed by atoms with E-state index in [1.807, 2.05) is 0 Å². The smallest absolute Gasteiger partial charge is 0.254 e. The molecule has 0 fully saturated rings. The van der Waals surface area contributed by atoms with Crippen molar-refractivity contribution in [2.75, 3.05) is 19.3 Å². The number of hydrogen-bond donors (Lipinski definition) is 2. The molecule has 0 saturated heterocycles. The van der Waals surface area contributed by atoms with Gasteiger partial charge in [0.25, 0.3) is 5.91 Å². The fraction of sp³-hybridized carbons (Fsp3) is 0.308. The molecule has 0 aliphatic rings. The van der Waals surface area contributed by atoms with Gasteiger partial charge in [-0.25, -0.2) is 12.8 Å². The van der Waals surface area contributed by atoms with E-state index in [0.29, 0.717) is 0 Å². The van der Waals surface area contributed by atoms with Gasteiger partial charge in [0, 0.05) is 12.8 Å². The van der Waals surface area contributed by atoms with Gasteiger partial charge in [-0.1, -0.05) is 12.1 Å². The minimum Gasteiger partial charge on any atom is -0.350 e. The summed E-state index contributed by atoms with van der Waals surface area (Å²) in [5.74, 6) is -2.50. The maximum Gasteiger partial charge on any atom is 0.254 e. The van der Waals surface area contributed by atoms with E-state index in [-0.39, 0.29) is 12.1 Å². The van der Waals surface area contributed by atoms with Crippen LogP contribution in [0.25, 0.3) is 0 Å². The molecule has 0 bridgehead atoms. The number of carbonyl (C=O) groups excluding carboxylic acids is 2. The average Bonchev–Trinajstić information content (AvgIpc) is 2.44. The first-order chi connectivity index (χ1) is 10.3. The summed E-state index contributed by atoms with van der Waals surface area (Å²) in [5.41, 5.74) is -0.257. The van der Waals surface area contributed by atoms with Gasteiger partial charge in [0.2, 0.25) is 5.91 Å². The summed E-state index contributed by atoms with van der Waals surface area (Å²) >= 11 is 0. The minimum absolute atomic E-state index is 0.257. The molecule has 22 heavy (non-hydrogen) atoms. The van der Waals surface area contributed by atoms with Crippen LogP contribution < -0.4 is 10.6 Å². The van der Waals surface area contributed by atoms with E-state index in [9.17, 15) is 22.4 Å². The van der Waals surface area contributed by atoms with E-state index in [0.717, 1.165) is 12.3 Å². The highest BCUT2D eigenvalue weighted by atomic mass is 32.2. The van der Waals surface area contributed by atoms with Gasteiger partial charge in [0.15, 0.2) is 15.1 Å². The van der Waals surface area contributed by atoms with Gasteiger partial charge < -0.3 is 10.6 Å². The molecule has 0 aromatic heterocycles. The van der Waals surface area contributed by atoms with Gasteiger partial charge in [-0.2, -0.15) is 5.26 Å². The van der Waals surface area contributed by atoms with Crippen molar-refractivity contribution in [2.45, 2.75) is 5.25 Å². The van der Waals surface area contributed by atoms with Crippen molar-refractivity contribution in [3.8, 4) is 6.07 Å². The lowest BCUT2D eigenvalue weighted by Crippen LogP contribution is -2.47. The second-order valence-corrected chi connectivity index (χ2v) is 6.61. The maximum atomic E-state index is 13.4. The molecule has 1 aromatic rings. The van der Waals surface area contributed by atoms with Crippen LogP contribution in [0.15, 0.2) is 24.3 Å². The zero-order valence-electron chi connectivity index (χ0n) is 11.7. The largest absolute Gasteiger partial charge is 0.350 e.